The molecule has 5 heteroatoms. The van der Waals surface area contributed by atoms with E-state index in [4.69, 9.17) is 0 Å². The van der Waals surface area contributed by atoms with Gasteiger partial charge in [-0.3, -0.25) is 4.79 Å². The molecule has 1 amide bonds. The van der Waals surface area contributed by atoms with Crippen molar-refractivity contribution in [3.63, 3.8) is 0 Å². The van der Waals surface area contributed by atoms with Crippen molar-refractivity contribution in [3.8, 4) is 0 Å². The quantitative estimate of drug-likeness (QED) is 0.880. The standard InChI is InChI=1S/C13H17FN2O.ClH/c14-12-3-1-2-11(8-12)13(17)16-7-5-10-4-6-15-9-10;/h1-3,8,10,15H,4-7,9H2,(H,16,17);1H. The molecule has 1 aliphatic heterocycles. The van der Waals surface area contributed by atoms with Crippen molar-refractivity contribution in [3.05, 3.63) is 35.6 Å². The second-order valence-corrected chi connectivity index (χ2v) is 4.41. The van der Waals surface area contributed by atoms with Gasteiger partial charge in [0.15, 0.2) is 0 Å². The van der Waals surface area contributed by atoms with Crippen molar-refractivity contribution in [1.82, 2.24) is 10.6 Å². The summed E-state index contributed by atoms with van der Waals surface area (Å²) in [7, 11) is 0. The number of rotatable bonds is 4. The van der Waals surface area contributed by atoms with Crippen molar-refractivity contribution in [2.75, 3.05) is 19.6 Å². The number of carbonyl (C=O) groups excluding carboxylic acids is 1. The molecule has 0 bridgehead atoms. The Balaban J connectivity index is 0.00000162. The van der Waals surface area contributed by atoms with Gasteiger partial charge in [-0.1, -0.05) is 6.07 Å². The zero-order valence-electron chi connectivity index (χ0n) is 10.1. The number of nitrogens with one attached hydrogen (secondary N) is 2. The molecule has 1 fully saturated rings. The first kappa shape index (κ1) is 14.9. The summed E-state index contributed by atoms with van der Waals surface area (Å²) in [5.41, 5.74) is 0.384. The lowest BCUT2D eigenvalue weighted by Crippen LogP contribution is -2.26. The molecule has 1 aromatic rings. The molecule has 0 aromatic heterocycles. The predicted molar refractivity (Wildman–Crippen MR) is 71.6 cm³/mol. The molecule has 2 rings (SSSR count). The molecule has 3 nitrogen and oxygen atoms in total. The normalized spacial score (nSPS) is 18.2. The van der Waals surface area contributed by atoms with Gasteiger partial charge in [0.05, 0.1) is 0 Å². The molecule has 1 unspecified atom stereocenters. The first-order chi connectivity index (χ1) is 8.25. The van der Waals surface area contributed by atoms with Crippen molar-refractivity contribution in [2.24, 2.45) is 5.92 Å². The van der Waals surface area contributed by atoms with E-state index < -0.39 is 0 Å². The van der Waals surface area contributed by atoms with Crippen LogP contribution in [-0.2, 0) is 0 Å². The lowest BCUT2D eigenvalue weighted by molar-refractivity contribution is 0.0951. The number of benzene rings is 1. The fraction of sp³-hybridized carbons (Fsp3) is 0.462. The van der Waals surface area contributed by atoms with Crippen LogP contribution in [0.3, 0.4) is 0 Å². The highest BCUT2D eigenvalue weighted by Crippen LogP contribution is 2.11. The molecule has 100 valence electrons. The van der Waals surface area contributed by atoms with Crippen molar-refractivity contribution >= 4 is 18.3 Å². The smallest absolute Gasteiger partial charge is 0.251 e. The first-order valence-electron chi connectivity index (χ1n) is 6.00. The zero-order chi connectivity index (χ0) is 12.1. The molecule has 1 aromatic carbocycles. The van der Waals surface area contributed by atoms with Crippen molar-refractivity contribution < 1.29 is 9.18 Å². The molecule has 0 radical (unpaired) electrons. The van der Waals surface area contributed by atoms with Crippen LogP contribution < -0.4 is 10.6 Å². The molecule has 1 atom stereocenters. The summed E-state index contributed by atoms with van der Waals surface area (Å²) in [6.07, 6.45) is 2.16. The van der Waals surface area contributed by atoms with Crippen LogP contribution in [0.15, 0.2) is 24.3 Å². The third kappa shape index (κ3) is 4.27. The second-order valence-electron chi connectivity index (χ2n) is 4.41. The van der Waals surface area contributed by atoms with Gasteiger partial charge >= 0.3 is 0 Å². The van der Waals surface area contributed by atoms with Crippen molar-refractivity contribution in [1.29, 1.82) is 0 Å². The van der Waals surface area contributed by atoms with E-state index in [1.165, 1.54) is 18.6 Å². The topological polar surface area (TPSA) is 41.1 Å². The SMILES string of the molecule is Cl.O=C(NCCC1CCNC1)c1cccc(F)c1. The molecule has 0 saturated carbocycles. The van der Waals surface area contributed by atoms with Crippen LogP contribution in [0, 0.1) is 11.7 Å². The monoisotopic (exact) mass is 272 g/mol. The average molecular weight is 273 g/mol. The van der Waals surface area contributed by atoms with Crippen LogP contribution in [-0.4, -0.2) is 25.5 Å². The highest BCUT2D eigenvalue weighted by molar-refractivity contribution is 5.94. The van der Waals surface area contributed by atoms with Gasteiger partial charge in [-0.05, 0) is 50.0 Å². The number of hydrogen-bond donors (Lipinski definition) is 2. The van der Waals surface area contributed by atoms with Crippen LogP contribution in [0.5, 0.6) is 0 Å². The third-order valence-electron chi connectivity index (χ3n) is 3.09. The Hall–Kier alpha value is -1.13. The maximum Gasteiger partial charge on any atom is 0.251 e. The van der Waals surface area contributed by atoms with Crippen LogP contribution >= 0.6 is 12.4 Å². The van der Waals surface area contributed by atoms with Gasteiger partial charge in [0, 0.05) is 12.1 Å². The molecule has 1 aliphatic rings. The molecular weight excluding hydrogens is 255 g/mol. The van der Waals surface area contributed by atoms with Gasteiger partial charge < -0.3 is 10.6 Å². The molecule has 18 heavy (non-hydrogen) atoms. The summed E-state index contributed by atoms with van der Waals surface area (Å²) < 4.78 is 12.9. The Bertz CT molecular complexity index is 394. The highest BCUT2D eigenvalue weighted by atomic mass is 35.5. The number of hydrogen-bond acceptors (Lipinski definition) is 2. The Morgan fingerprint density at radius 1 is 1.50 bits per heavy atom. The lowest BCUT2D eigenvalue weighted by atomic mass is 10.1. The van der Waals surface area contributed by atoms with Gasteiger partial charge in [-0.2, -0.15) is 0 Å². The Labute approximate surface area is 113 Å². The zero-order valence-corrected chi connectivity index (χ0v) is 10.9. The molecule has 0 aliphatic carbocycles. The molecule has 2 N–H and O–H groups in total. The Morgan fingerprint density at radius 3 is 3.00 bits per heavy atom. The molecule has 0 spiro atoms. The third-order valence-corrected chi connectivity index (χ3v) is 3.09. The van der Waals surface area contributed by atoms with E-state index in [2.05, 4.69) is 10.6 Å². The largest absolute Gasteiger partial charge is 0.352 e. The minimum Gasteiger partial charge on any atom is -0.352 e. The summed E-state index contributed by atoms with van der Waals surface area (Å²) >= 11 is 0. The lowest BCUT2D eigenvalue weighted by Gasteiger charge is -2.09. The van der Waals surface area contributed by atoms with E-state index in [0.717, 1.165) is 19.5 Å². The number of halogens is 2. The fourth-order valence-corrected chi connectivity index (χ4v) is 2.08. The van der Waals surface area contributed by atoms with E-state index in [1.54, 1.807) is 12.1 Å². The van der Waals surface area contributed by atoms with Gasteiger partial charge in [-0.15, -0.1) is 12.4 Å². The van der Waals surface area contributed by atoms with Crippen LogP contribution in [0.25, 0.3) is 0 Å². The average Bonchev–Trinajstić information content (AvgIpc) is 2.82. The van der Waals surface area contributed by atoms with Gasteiger partial charge in [0.2, 0.25) is 0 Å². The highest BCUT2D eigenvalue weighted by Gasteiger charge is 2.14. The Morgan fingerprint density at radius 2 is 2.33 bits per heavy atom. The summed E-state index contributed by atoms with van der Waals surface area (Å²) in [5.74, 6) is 0.0795. The maximum atomic E-state index is 12.9. The van der Waals surface area contributed by atoms with E-state index in [9.17, 15) is 9.18 Å². The summed E-state index contributed by atoms with van der Waals surface area (Å²) in [4.78, 5) is 11.7. The molecule has 1 heterocycles. The molecule has 1 saturated heterocycles. The predicted octanol–water partition coefficient (Wildman–Crippen LogP) is 1.98. The fourth-order valence-electron chi connectivity index (χ4n) is 2.08. The summed E-state index contributed by atoms with van der Waals surface area (Å²) in [6, 6.07) is 5.76. The minimum atomic E-state index is -0.377. The van der Waals surface area contributed by atoms with Crippen LogP contribution in [0.2, 0.25) is 0 Å². The van der Waals surface area contributed by atoms with E-state index in [0.29, 0.717) is 18.0 Å². The van der Waals surface area contributed by atoms with E-state index in [-0.39, 0.29) is 24.1 Å². The Kier molecular flexibility index (Phi) is 6.09. The van der Waals surface area contributed by atoms with Gasteiger partial charge in [0.25, 0.3) is 5.91 Å². The number of amides is 1. The maximum absolute atomic E-state index is 12.9. The van der Waals surface area contributed by atoms with E-state index >= 15 is 0 Å². The summed E-state index contributed by atoms with van der Waals surface area (Å²) in [6.45, 7) is 2.76. The van der Waals surface area contributed by atoms with Gasteiger partial charge in [-0.25, -0.2) is 4.39 Å². The number of carbonyl (C=O) groups is 1. The molecular formula is C13H18ClFN2O. The minimum absolute atomic E-state index is 0. The van der Waals surface area contributed by atoms with Crippen LogP contribution in [0.4, 0.5) is 4.39 Å². The van der Waals surface area contributed by atoms with Crippen LogP contribution in [0.1, 0.15) is 23.2 Å². The van der Waals surface area contributed by atoms with Crippen molar-refractivity contribution in [2.45, 2.75) is 12.8 Å². The summed E-state index contributed by atoms with van der Waals surface area (Å²) in [5, 5.41) is 6.11. The van der Waals surface area contributed by atoms with Gasteiger partial charge in [0.1, 0.15) is 5.82 Å². The first-order valence-corrected chi connectivity index (χ1v) is 6.00. The second kappa shape index (κ2) is 7.34. The van der Waals surface area contributed by atoms with E-state index in [1.807, 2.05) is 0 Å².